The highest BCUT2D eigenvalue weighted by Crippen LogP contribution is 2.27. The van der Waals surface area contributed by atoms with E-state index in [1.165, 1.54) is 16.7 Å². The van der Waals surface area contributed by atoms with Gasteiger partial charge in [-0.1, -0.05) is 24.3 Å². The van der Waals surface area contributed by atoms with E-state index in [0.29, 0.717) is 23.6 Å². The lowest BCUT2D eigenvalue weighted by atomic mass is 10.2. The van der Waals surface area contributed by atoms with Crippen LogP contribution >= 0.6 is 0 Å². The number of aromatic hydroxyl groups is 1. The van der Waals surface area contributed by atoms with Crippen molar-refractivity contribution >= 4 is 17.1 Å². The standard InChI is InChI=1S/C20H17N5O4/c1-2-29-14-9-4-3-8-13(14)25-19-16(23-20(25)28)15(17(21)27)22-18(24-19)11-6-5-7-12(26)10-11/h3-10,26H,2H2,1H3,(H2,21,27)(H,23,28). The summed E-state index contributed by atoms with van der Waals surface area (Å²) in [5.74, 6) is -0.176. The first-order valence-electron chi connectivity index (χ1n) is 8.83. The lowest BCUT2D eigenvalue weighted by molar-refractivity contribution is 0.0997. The average molecular weight is 391 g/mol. The number of rotatable bonds is 5. The molecule has 0 unspecified atom stereocenters. The summed E-state index contributed by atoms with van der Waals surface area (Å²) in [6.07, 6.45) is 0. The van der Waals surface area contributed by atoms with Gasteiger partial charge < -0.3 is 20.6 Å². The van der Waals surface area contributed by atoms with Gasteiger partial charge in [0.15, 0.2) is 17.2 Å². The van der Waals surface area contributed by atoms with Crippen molar-refractivity contribution in [1.29, 1.82) is 0 Å². The molecule has 2 aromatic carbocycles. The van der Waals surface area contributed by atoms with Gasteiger partial charge in [-0.25, -0.2) is 19.3 Å². The minimum Gasteiger partial charge on any atom is -0.508 e. The molecular weight excluding hydrogens is 374 g/mol. The Labute approximate surface area is 164 Å². The van der Waals surface area contributed by atoms with Crippen LogP contribution in [-0.2, 0) is 0 Å². The zero-order chi connectivity index (χ0) is 20.5. The van der Waals surface area contributed by atoms with Gasteiger partial charge in [0.25, 0.3) is 5.91 Å². The second kappa shape index (κ2) is 7.12. The molecule has 0 radical (unpaired) electrons. The van der Waals surface area contributed by atoms with E-state index in [1.807, 2.05) is 6.92 Å². The summed E-state index contributed by atoms with van der Waals surface area (Å²) in [7, 11) is 0. The number of amides is 1. The Kier molecular flexibility index (Phi) is 4.47. The first-order valence-corrected chi connectivity index (χ1v) is 8.83. The molecule has 2 heterocycles. The predicted molar refractivity (Wildman–Crippen MR) is 106 cm³/mol. The monoisotopic (exact) mass is 391 g/mol. The maximum absolute atomic E-state index is 12.8. The number of benzene rings is 2. The van der Waals surface area contributed by atoms with Gasteiger partial charge in [0.2, 0.25) is 0 Å². The van der Waals surface area contributed by atoms with E-state index in [2.05, 4.69) is 15.0 Å². The van der Waals surface area contributed by atoms with Gasteiger partial charge in [0.1, 0.15) is 17.0 Å². The molecule has 0 aliphatic rings. The molecule has 0 bridgehead atoms. The molecular formula is C20H17N5O4. The number of ether oxygens (including phenoxy) is 1. The molecule has 0 atom stereocenters. The lowest BCUT2D eigenvalue weighted by Crippen LogP contribution is -2.16. The molecule has 9 heteroatoms. The third-order valence-corrected chi connectivity index (χ3v) is 4.28. The normalized spacial score (nSPS) is 10.9. The Morgan fingerprint density at radius 2 is 2.00 bits per heavy atom. The van der Waals surface area contributed by atoms with Crippen molar-refractivity contribution in [3.63, 3.8) is 0 Å². The van der Waals surface area contributed by atoms with E-state index in [9.17, 15) is 14.7 Å². The number of aromatic amines is 1. The molecule has 0 fully saturated rings. The summed E-state index contributed by atoms with van der Waals surface area (Å²) in [5.41, 5.74) is 6.07. The predicted octanol–water partition coefficient (Wildman–Crippen LogP) is 1.98. The Hall–Kier alpha value is -4.14. The molecule has 0 saturated carbocycles. The van der Waals surface area contributed by atoms with Gasteiger partial charge in [0.05, 0.1) is 12.3 Å². The maximum atomic E-state index is 12.8. The number of nitrogens with one attached hydrogen (secondary N) is 1. The van der Waals surface area contributed by atoms with Crippen LogP contribution in [-0.4, -0.2) is 37.1 Å². The van der Waals surface area contributed by atoms with Crippen molar-refractivity contribution in [1.82, 2.24) is 19.5 Å². The van der Waals surface area contributed by atoms with Crippen molar-refractivity contribution in [2.24, 2.45) is 5.73 Å². The molecule has 9 nitrogen and oxygen atoms in total. The van der Waals surface area contributed by atoms with E-state index in [0.717, 1.165) is 0 Å². The maximum Gasteiger partial charge on any atom is 0.332 e. The van der Waals surface area contributed by atoms with Crippen molar-refractivity contribution in [3.05, 3.63) is 64.7 Å². The largest absolute Gasteiger partial charge is 0.508 e. The quantitative estimate of drug-likeness (QED) is 0.476. The van der Waals surface area contributed by atoms with Gasteiger partial charge in [-0.05, 0) is 31.2 Å². The molecule has 4 aromatic rings. The highest BCUT2D eigenvalue weighted by Gasteiger charge is 2.21. The number of primary amides is 1. The van der Waals surface area contributed by atoms with Gasteiger partial charge in [-0.2, -0.15) is 0 Å². The van der Waals surface area contributed by atoms with Crippen LogP contribution in [0.25, 0.3) is 28.2 Å². The molecule has 0 aliphatic heterocycles. The number of hydrogen-bond donors (Lipinski definition) is 3. The van der Waals surface area contributed by atoms with Gasteiger partial charge in [-0.15, -0.1) is 0 Å². The molecule has 4 rings (SSSR count). The van der Waals surface area contributed by atoms with Crippen molar-refractivity contribution < 1.29 is 14.6 Å². The first kappa shape index (κ1) is 18.2. The van der Waals surface area contributed by atoms with Crippen LogP contribution in [0.15, 0.2) is 53.3 Å². The number of nitrogens with zero attached hydrogens (tertiary/aromatic N) is 3. The van der Waals surface area contributed by atoms with E-state index < -0.39 is 11.6 Å². The Morgan fingerprint density at radius 3 is 2.72 bits per heavy atom. The Morgan fingerprint density at radius 1 is 1.21 bits per heavy atom. The smallest absolute Gasteiger partial charge is 0.332 e. The van der Waals surface area contributed by atoms with E-state index >= 15 is 0 Å². The summed E-state index contributed by atoms with van der Waals surface area (Å²) in [6, 6.07) is 13.2. The number of carbonyl (C=O) groups excluding carboxylic acids is 1. The number of phenols is 1. The third kappa shape index (κ3) is 3.18. The van der Waals surface area contributed by atoms with Crippen molar-refractivity contribution in [3.8, 4) is 28.6 Å². The fraction of sp³-hybridized carbons (Fsp3) is 0.100. The van der Waals surface area contributed by atoms with Crippen LogP contribution in [0.5, 0.6) is 11.5 Å². The number of hydrogen-bond acceptors (Lipinski definition) is 6. The van der Waals surface area contributed by atoms with Crippen LogP contribution in [0, 0.1) is 0 Å². The zero-order valence-electron chi connectivity index (χ0n) is 15.4. The summed E-state index contributed by atoms with van der Waals surface area (Å²) in [5, 5.41) is 9.77. The molecule has 4 N–H and O–H groups in total. The Bertz CT molecular complexity index is 1290. The van der Waals surface area contributed by atoms with Crippen LogP contribution in [0.4, 0.5) is 0 Å². The average Bonchev–Trinajstić information content (AvgIpc) is 3.03. The number of aromatic nitrogens is 4. The fourth-order valence-electron chi connectivity index (χ4n) is 3.08. The van der Waals surface area contributed by atoms with Gasteiger partial charge >= 0.3 is 5.69 Å². The lowest BCUT2D eigenvalue weighted by Gasteiger charge is -2.11. The second-order valence-corrected chi connectivity index (χ2v) is 6.18. The van der Waals surface area contributed by atoms with Crippen LogP contribution in [0.3, 0.4) is 0 Å². The molecule has 146 valence electrons. The number of nitrogens with two attached hydrogens (primary N) is 1. The molecule has 0 spiro atoms. The molecule has 2 aromatic heterocycles. The van der Waals surface area contributed by atoms with E-state index in [-0.39, 0.29) is 28.4 Å². The van der Waals surface area contributed by atoms with Gasteiger partial charge in [0, 0.05) is 5.56 Å². The number of carbonyl (C=O) groups is 1. The first-order chi connectivity index (χ1) is 14.0. The molecule has 0 saturated heterocycles. The van der Waals surface area contributed by atoms with Crippen molar-refractivity contribution in [2.45, 2.75) is 6.92 Å². The number of para-hydroxylation sites is 2. The van der Waals surface area contributed by atoms with Crippen LogP contribution < -0.4 is 16.2 Å². The van der Waals surface area contributed by atoms with Gasteiger partial charge in [-0.3, -0.25) is 4.79 Å². The minimum absolute atomic E-state index is 0.0139. The highest BCUT2D eigenvalue weighted by molar-refractivity contribution is 6.02. The topological polar surface area (TPSA) is 136 Å². The zero-order valence-corrected chi connectivity index (χ0v) is 15.4. The van der Waals surface area contributed by atoms with Crippen LogP contribution in [0.2, 0.25) is 0 Å². The van der Waals surface area contributed by atoms with Crippen molar-refractivity contribution in [2.75, 3.05) is 6.61 Å². The SMILES string of the molecule is CCOc1ccccc1-n1c(=O)[nH]c2c(C(N)=O)nc(-c3cccc(O)c3)nc21. The van der Waals surface area contributed by atoms with E-state index in [1.54, 1.807) is 36.4 Å². The summed E-state index contributed by atoms with van der Waals surface area (Å²) in [6.45, 7) is 2.24. The molecule has 0 aliphatic carbocycles. The second-order valence-electron chi connectivity index (χ2n) is 6.18. The highest BCUT2D eigenvalue weighted by atomic mass is 16.5. The summed E-state index contributed by atoms with van der Waals surface area (Å²) < 4.78 is 6.94. The molecule has 1 amide bonds. The minimum atomic E-state index is -0.815. The Balaban J connectivity index is 2.06. The summed E-state index contributed by atoms with van der Waals surface area (Å²) in [4.78, 5) is 36.1. The number of fused-ring (bicyclic) bond motifs is 1. The number of phenolic OH excluding ortho intramolecular Hbond substituents is 1. The number of H-pyrrole nitrogens is 1. The number of imidazole rings is 1. The fourth-order valence-corrected chi connectivity index (χ4v) is 3.08. The van der Waals surface area contributed by atoms with Crippen LogP contribution in [0.1, 0.15) is 17.4 Å². The van der Waals surface area contributed by atoms with E-state index in [4.69, 9.17) is 10.5 Å². The third-order valence-electron chi connectivity index (χ3n) is 4.28. The summed E-state index contributed by atoms with van der Waals surface area (Å²) >= 11 is 0. The molecule has 29 heavy (non-hydrogen) atoms.